The van der Waals surface area contributed by atoms with Crippen LogP contribution < -0.4 is 16.4 Å². The van der Waals surface area contributed by atoms with E-state index in [0.717, 1.165) is 0 Å². The molecule has 2 rings (SSSR count). The number of halogens is 1. The molecule has 1 aromatic heterocycles. The van der Waals surface area contributed by atoms with Crippen molar-refractivity contribution in [1.29, 1.82) is 0 Å². The van der Waals surface area contributed by atoms with Gasteiger partial charge in [-0.15, -0.1) is 0 Å². The number of aryl methyl sites for hydroxylation is 1. The number of carbonyl (C=O) groups is 2. The topological polar surface area (TPSA) is 97.4 Å². The summed E-state index contributed by atoms with van der Waals surface area (Å²) < 4.78 is 18.9. The van der Waals surface area contributed by atoms with Gasteiger partial charge in [0.2, 0.25) is 5.91 Å². The molecule has 6 nitrogen and oxygen atoms in total. The number of anilines is 2. The van der Waals surface area contributed by atoms with E-state index < -0.39 is 11.7 Å². The highest BCUT2D eigenvalue weighted by Crippen LogP contribution is 2.21. The van der Waals surface area contributed by atoms with Crippen molar-refractivity contribution < 1.29 is 18.4 Å². The van der Waals surface area contributed by atoms with Crippen LogP contribution in [0.3, 0.4) is 0 Å². The van der Waals surface area contributed by atoms with Gasteiger partial charge in [-0.3, -0.25) is 9.59 Å². The third-order valence-electron chi connectivity index (χ3n) is 3.11. The van der Waals surface area contributed by atoms with Gasteiger partial charge in [-0.1, -0.05) is 0 Å². The van der Waals surface area contributed by atoms with Gasteiger partial charge < -0.3 is 20.8 Å². The fraction of sp³-hybridized carbons (Fsp3) is 0.250. The number of nitrogens with one attached hydrogen (secondary N) is 2. The van der Waals surface area contributed by atoms with Crippen molar-refractivity contribution in [2.75, 3.05) is 10.6 Å². The molecule has 0 bridgehead atoms. The third kappa shape index (κ3) is 4.40. The van der Waals surface area contributed by atoms with E-state index in [1.165, 1.54) is 30.5 Å². The quantitative estimate of drug-likeness (QED) is 0.789. The number of carbonyl (C=O) groups excluding carboxylic acids is 2. The summed E-state index contributed by atoms with van der Waals surface area (Å²) in [6, 6.07) is 5.14. The molecule has 2 aromatic rings. The molecule has 1 aromatic carbocycles. The standard InChI is InChI=1S/C16H18FN3O3/c1-9(18)7-15(21)19-11-3-4-13(17)14(8-11)20-16(22)12-5-6-23-10(12)2/h3-6,8-9H,7,18H2,1-2H3,(H,19,21)(H,20,22). The zero-order valence-electron chi connectivity index (χ0n) is 12.9. The van der Waals surface area contributed by atoms with Crippen molar-refractivity contribution in [1.82, 2.24) is 0 Å². The minimum Gasteiger partial charge on any atom is -0.469 e. The Morgan fingerprint density at radius 3 is 2.65 bits per heavy atom. The van der Waals surface area contributed by atoms with Crippen LogP contribution >= 0.6 is 0 Å². The first-order valence-electron chi connectivity index (χ1n) is 7.07. The highest BCUT2D eigenvalue weighted by molar-refractivity contribution is 6.05. The summed E-state index contributed by atoms with van der Waals surface area (Å²) in [7, 11) is 0. The molecule has 1 unspecified atom stereocenters. The molecular formula is C16H18FN3O3. The maximum atomic E-state index is 13.8. The second kappa shape index (κ2) is 7.06. The predicted molar refractivity (Wildman–Crippen MR) is 84.7 cm³/mol. The molecule has 122 valence electrons. The van der Waals surface area contributed by atoms with Crippen LogP contribution in [0, 0.1) is 12.7 Å². The van der Waals surface area contributed by atoms with Crippen LogP contribution in [0.2, 0.25) is 0 Å². The van der Waals surface area contributed by atoms with Crippen LogP contribution in [0.4, 0.5) is 15.8 Å². The van der Waals surface area contributed by atoms with Crippen molar-refractivity contribution >= 4 is 23.2 Å². The minimum absolute atomic E-state index is 0.0332. The molecule has 0 aliphatic rings. The lowest BCUT2D eigenvalue weighted by Gasteiger charge is -2.10. The van der Waals surface area contributed by atoms with E-state index in [0.29, 0.717) is 17.0 Å². The van der Waals surface area contributed by atoms with Gasteiger partial charge >= 0.3 is 0 Å². The fourth-order valence-corrected chi connectivity index (χ4v) is 2.01. The van der Waals surface area contributed by atoms with Gasteiger partial charge in [-0.2, -0.15) is 0 Å². The molecule has 2 amide bonds. The van der Waals surface area contributed by atoms with Crippen LogP contribution in [0.5, 0.6) is 0 Å². The number of hydrogen-bond donors (Lipinski definition) is 3. The highest BCUT2D eigenvalue weighted by Gasteiger charge is 2.14. The maximum Gasteiger partial charge on any atom is 0.259 e. The third-order valence-corrected chi connectivity index (χ3v) is 3.11. The smallest absolute Gasteiger partial charge is 0.259 e. The molecule has 0 spiro atoms. The number of nitrogens with two attached hydrogens (primary N) is 1. The van der Waals surface area contributed by atoms with E-state index in [1.54, 1.807) is 13.8 Å². The zero-order valence-corrected chi connectivity index (χ0v) is 12.9. The molecule has 23 heavy (non-hydrogen) atoms. The lowest BCUT2D eigenvalue weighted by Crippen LogP contribution is -2.24. The van der Waals surface area contributed by atoms with Crippen LogP contribution in [0.15, 0.2) is 34.9 Å². The molecule has 0 aliphatic heterocycles. The van der Waals surface area contributed by atoms with Crippen molar-refractivity contribution in [3.8, 4) is 0 Å². The maximum absolute atomic E-state index is 13.8. The number of amides is 2. The van der Waals surface area contributed by atoms with Gasteiger partial charge in [-0.25, -0.2) is 4.39 Å². The molecular weight excluding hydrogens is 301 g/mol. The van der Waals surface area contributed by atoms with Crippen LogP contribution in [-0.2, 0) is 4.79 Å². The predicted octanol–water partition coefficient (Wildman–Crippen LogP) is 2.66. The summed E-state index contributed by atoms with van der Waals surface area (Å²) in [5, 5.41) is 5.06. The summed E-state index contributed by atoms with van der Waals surface area (Å²) in [6.45, 7) is 3.35. The molecule has 4 N–H and O–H groups in total. The Balaban J connectivity index is 2.13. The molecule has 7 heteroatoms. The Hall–Kier alpha value is -2.67. The monoisotopic (exact) mass is 319 g/mol. The first-order valence-corrected chi connectivity index (χ1v) is 7.07. The Bertz CT molecular complexity index is 725. The average Bonchev–Trinajstić information content (AvgIpc) is 2.88. The van der Waals surface area contributed by atoms with Gasteiger partial charge in [0.05, 0.1) is 17.5 Å². The number of furan rings is 1. The number of rotatable bonds is 5. The lowest BCUT2D eigenvalue weighted by atomic mass is 10.2. The molecule has 0 aliphatic carbocycles. The summed E-state index contributed by atoms with van der Waals surface area (Å²) in [4.78, 5) is 23.8. The van der Waals surface area contributed by atoms with E-state index in [1.807, 2.05) is 0 Å². The van der Waals surface area contributed by atoms with Crippen LogP contribution in [0.1, 0.15) is 29.5 Å². The van der Waals surface area contributed by atoms with E-state index in [2.05, 4.69) is 10.6 Å². The van der Waals surface area contributed by atoms with Gasteiger partial charge in [-0.05, 0) is 38.1 Å². The van der Waals surface area contributed by atoms with Crippen LogP contribution in [-0.4, -0.2) is 17.9 Å². The molecule has 0 radical (unpaired) electrons. The first kappa shape index (κ1) is 16.7. The van der Waals surface area contributed by atoms with Crippen molar-refractivity contribution in [2.24, 2.45) is 5.73 Å². The molecule has 0 saturated heterocycles. The molecule has 0 fully saturated rings. The average molecular weight is 319 g/mol. The summed E-state index contributed by atoms with van der Waals surface area (Å²) in [5.74, 6) is -0.947. The highest BCUT2D eigenvalue weighted by atomic mass is 19.1. The summed E-state index contributed by atoms with van der Waals surface area (Å²) in [5.41, 5.74) is 6.20. The van der Waals surface area contributed by atoms with E-state index in [9.17, 15) is 14.0 Å². The van der Waals surface area contributed by atoms with E-state index in [-0.39, 0.29) is 24.1 Å². The van der Waals surface area contributed by atoms with Crippen molar-refractivity contribution in [2.45, 2.75) is 26.3 Å². The van der Waals surface area contributed by atoms with E-state index in [4.69, 9.17) is 10.2 Å². The van der Waals surface area contributed by atoms with Crippen molar-refractivity contribution in [3.63, 3.8) is 0 Å². The molecule has 1 heterocycles. The SMILES string of the molecule is Cc1occc1C(=O)Nc1cc(NC(=O)CC(C)N)ccc1F. The largest absolute Gasteiger partial charge is 0.469 e. The summed E-state index contributed by atoms with van der Waals surface area (Å²) >= 11 is 0. The Labute approximate surface area is 132 Å². The Kier molecular flexibility index (Phi) is 5.13. The first-order chi connectivity index (χ1) is 10.9. The van der Waals surface area contributed by atoms with Gasteiger partial charge in [0.15, 0.2) is 0 Å². The molecule has 0 saturated carbocycles. The van der Waals surface area contributed by atoms with Gasteiger partial charge in [0.25, 0.3) is 5.91 Å². The number of benzene rings is 1. The van der Waals surface area contributed by atoms with Crippen LogP contribution in [0.25, 0.3) is 0 Å². The van der Waals surface area contributed by atoms with Crippen molar-refractivity contribution in [3.05, 3.63) is 47.7 Å². The van der Waals surface area contributed by atoms with Gasteiger partial charge in [0.1, 0.15) is 11.6 Å². The number of hydrogen-bond acceptors (Lipinski definition) is 4. The Morgan fingerprint density at radius 1 is 1.30 bits per heavy atom. The van der Waals surface area contributed by atoms with E-state index >= 15 is 0 Å². The zero-order chi connectivity index (χ0) is 17.0. The summed E-state index contributed by atoms with van der Waals surface area (Å²) in [6.07, 6.45) is 1.53. The lowest BCUT2D eigenvalue weighted by molar-refractivity contribution is -0.116. The minimum atomic E-state index is -0.607. The second-order valence-electron chi connectivity index (χ2n) is 5.27. The second-order valence-corrected chi connectivity index (χ2v) is 5.27. The molecule has 1 atom stereocenters. The van der Waals surface area contributed by atoms with Gasteiger partial charge in [0, 0.05) is 18.2 Å². The Morgan fingerprint density at radius 2 is 2.04 bits per heavy atom. The normalized spacial score (nSPS) is 11.8. The fourth-order valence-electron chi connectivity index (χ4n) is 2.01.